The Labute approximate surface area is 198 Å². The van der Waals surface area contributed by atoms with Gasteiger partial charge in [-0.05, 0) is 36.4 Å². The number of hydrogen-bond donors (Lipinski definition) is 0. The molecular formula is C27H26N4O3. The van der Waals surface area contributed by atoms with Crippen LogP contribution in [0.15, 0.2) is 88.7 Å². The lowest BCUT2D eigenvalue weighted by Crippen LogP contribution is -2.30. The summed E-state index contributed by atoms with van der Waals surface area (Å²) in [4.78, 5) is 13.2. The molecule has 0 bridgehead atoms. The summed E-state index contributed by atoms with van der Waals surface area (Å²) in [5.41, 5.74) is 4.28. The average molecular weight is 455 g/mol. The van der Waals surface area contributed by atoms with Gasteiger partial charge in [-0.3, -0.25) is 4.79 Å². The molecule has 2 aromatic heterocycles. The number of benzene rings is 2. The number of hydrogen-bond acceptors (Lipinski definition) is 5. The minimum Gasteiger partial charge on any atom is -0.497 e. The number of ether oxygens (including phenoxy) is 1. The van der Waals surface area contributed by atoms with Gasteiger partial charge in [0.2, 0.25) is 5.91 Å². The smallest absolute Gasteiger partial charge is 0.245 e. The molecule has 7 heteroatoms. The Morgan fingerprint density at radius 2 is 1.91 bits per heavy atom. The van der Waals surface area contributed by atoms with Crippen LogP contribution in [0.4, 0.5) is 0 Å². The number of furan rings is 1. The molecule has 0 saturated carbocycles. The second-order valence-electron chi connectivity index (χ2n) is 8.53. The van der Waals surface area contributed by atoms with E-state index >= 15 is 0 Å². The highest BCUT2D eigenvalue weighted by atomic mass is 16.5. The molecule has 1 atom stereocenters. The Bertz CT molecular complexity index is 1320. The molecule has 3 heterocycles. The first-order valence-corrected chi connectivity index (χ1v) is 11.3. The molecule has 0 radical (unpaired) electrons. The van der Waals surface area contributed by atoms with E-state index in [1.54, 1.807) is 18.4 Å². The van der Waals surface area contributed by atoms with Crippen molar-refractivity contribution in [3.8, 4) is 22.7 Å². The molecule has 0 aliphatic carbocycles. The number of hydrazone groups is 1. The predicted octanol–water partition coefficient (Wildman–Crippen LogP) is 5.47. The molecule has 7 nitrogen and oxygen atoms in total. The quantitative estimate of drug-likeness (QED) is 0.387. The number of rotatable bonds is 6. The topological polar surface area (TPSA) is 72.9 Å². The molecular weight excluding hydrogens is 428 g/mol. The monoisotopic (exact) mass is 454 g/mol. The fourth-order valence-corrected chi connectivity index (χ4v) is 4.15. The van der Waals surface area contributed by atoms with E-state index in [1.165, 1.54) is 0 Å². The van der Waals surface area contributed by atoms with Crippen LogP contribution in [-0.2, 0) is 4.79 Å². The molecule has 1 aliphatic heterocycles. The summed E-state index contributed by atoms with van der Waals surface area (Å²) >= 11 is 0. The molecule has 1 amide bonds. The summed E-state index contributed by atoms with van der Waals surface area (Å²) in [6.45, 7) is 3.77. The molecule has 0 spiro atoms. The van der Waals surface area contributed by atoms with Crippen molar-refractivity contribution in [2.45, 2.75) is 26.3 Å². The van der Waals surface area contributed by atoms with Crippen molar-refractivity contribution in [3.05, 3.63) is 90.5 Å². The van der Waals surface area contributed by atoms with E-state index in [1.807, 2.05) is 91.5 Å². The van der Waals surface area contributed by atoms with E-state index in [9.17, 15) is 4.79 Å². The fraction of sp³-hybridized carbons (Fsp3) is 0.222. The van der Waals surface area contributed by atoms with E-state index in [2.05, 4.69) is 0 Å². The van der Waals surface area contributed by atoms with Crippen LogP contribution in [0.3, 0.4) is 0 Å². The van der Waals surface area contributed by atoms with Gasteiger partial charge in [0.1, 0.15) is 17.2 Å². The van der Waals surface area contributed by atoms with Crippen LogP contribution in [0.1, 0.15) is 37.6 Å². The van der Waals surface area contributed by atoms with Crippen molar-refractivity contribution in [1.82, 2.24) is 14.8 Å². The highest BCUT2D eigenvalue weighted by Gasteiger charge is 2.37. The molecule has 1 aliphatic rings. The van der Waals surface area contributed by atoms with Gasteiger partial charge in [-0.2, -0.15) is 10.2 Å². The molecule has 0 fully saturated rings. The van der Waals surface area contributed by atoms with E-state index in [0.717, 1.165) is 34.0 Å². The third-order valence-electron chi connectivity index (χ3n) is 5.90. The Kier molecular flexibility index (Phi) is 5.76. The van der Waals surface area contributed by atoms with E-state index in [4.69, 9.17) is 19.4 Å². The van der Waals surface area contributed by atoms with Crippen LogP contribution in [0.5, 0.6) is 5.75 Å². The largest absolute Gasteiger partial charge is 0.497 e. The molecule has 0 N–H and O–H groups in total. The van der Waals surface area contributed by atoms with Crippen LogP contribution >= 0.6 is 0 Å². The maximum Gasteiger partial charge on any atom is 0.245 e. The molecule has 0 saturated heterocycles. The Morgan fingerprint density at radius 3 is 2.62 bits per heavy atom. The van der Waals surface area contributed by atoms with E-state index in [-0.39, 0.29) is 17.9 Å². The maximum absolute atomic E-state index is 13.2. The van der Waals surface area contributed by atoms with Crippen LogP contribution in [0.2, 0.25) is 0 Å². The first-order valence-electron chi connectivity index (χ1n) is 11.3. The van der Waals surface area contributed by atoms with Crippen LogP contribution in [-0.4, -0.2) is 33.5 Å². The van der Waals surface area contributed by atoms with Crippen LogP contribution in [0, 0.1) is 5.92 Å². The van der Waals surface area contributed by atoms with Crippen molar-refractivity contribution in [3.63, 3.8) is 0 Å². The van der Waals surface area contributed by atoms with Gasteiger partial charge in [0.15, 0.2) is 0 Å². The normalized spacial score (nSPS) is 15.6. The average Bonchev–Trinajstić information content (AvgIpc) is 3.63. The van der Waals surface area contributed by atoms with Gasteiger partial charge in [-0.25, -0.2) is 9.69 Å². The number of carbonyl (C=O) groups excluding carboxylic acids is 1. The molecule has 34 heavy (non-hydrogen) atoms. The van der Waals surface area contributed by atoms with Crippen molar-refractivity contribution >= 4 is 11.6 Å². The summed E-state index contributed by atoms with van der Waals surface area (Å²) in [5, 5.41) is 11.2. The van der Waals surface area contributed by atoms with E-state index in [0.29, 0.717) is 12.2 Å². The number of para-hydroxylation sites is 1. The summed E-state index contributed by atoms with van der Waals surface area (Å²) in [5.74, 6) is 1.16. The maximum atomic E-state index is 13.2. The first kappa shape index (κ1) is 21.7. The van der Waals surface area contributed by atoms with Crippen LogP contribution in [0.25, 0.3) is 16.9 Å². The first-order chi connectivity index (χ1) is 16.5. The predicted molar refractivity (Wildman–Crippen MR) is 130 cm³/mol. The van der Waals surface area contributed by atoms with Gasteiger partial charge >= 0.3 is 0 Å². The Balaban J connectivity index is 1.65. The minimum atomic E-state index is -0.311. The Morgan fingerprint density at radius 1 is 1.09 bits per heavy atom. The lowest BCUT2D eigenvalue weighted by atomic mass is 9.97. The van der Waals surface area contributed by atoms with Gasteiger partial charge in [0.05, 0.1) is 30.8 Å². The van der Waals surface area contributed by atoms with Gasteiger partial charge in [0, 0.05) is 29.7 Å². The Hall–Kier alpha value is -4.13. The van der Waals surface area contributed by atoms with Crippen LogP contribution < -0.4 is 4.74 Å². The second kappa shape index (κ2) is 9.02. The van der Waals surface area contributed by atoms with Crippen molar-refractivity contribution < 1.29 is 13.9 Å². The van der Waals surface area contributed by atoms with Crippen molar-refractivity contribution in [2.24, 2.45) is 11.0 Å². The molecule has 5 rings (SSSR count). The van der Waals surface area contributed by atoms with Gasteiger partial charge in [-0.15, -0.1) is 0 Å². The molecule has 2 aromatic carbocycles. The SMILES string of the molecule is COc1cccc(-c2nn(-c3ccccc3)cc2C2CC(c3ccco3)=NN2C(=O)C(C)C)c1. The number of nitrogens with zero attached hydrogens (tertiary/aromatic N) is 4. The van der Waals surface area contributed by atoms with Crippen molar-refractivity contribution in [1.29, 1.82) is 0 Å². The number of amides is 1. The third kappa shape index (κ3) is 4.01. The minimum absolute atomic E-state index is 0.0457. The zero-order valence-corrected chi connectivity index (χ0v) is 19.4. The summed E-state index contributed by atoms with van der Waals surface area (Å²) < 4.78 is 12.9. The zero-order chi connectivity index (χ0) is 23.7. The summed E-state index contributed by atoms with van der Waals surface area (Å²) in [7, 11) is 1.64. The molecule has 1 unspecified atom stereocenters. The number of carbonyl (C=O) groups is 1. The number of aromatic nitrogens is 2. The molecule has 172 valence electrons. The van der Waals surface area contributed by atoms with E-state index < -0.39 is 0 Å². The lowest BCUT2D eigenvalue weighted by Gasteiger charge is -2.23. The summed E-state index contributed by atoms with van der Waals surface area (Å²) in [6, 6.07) is 21.1. The second-order valence-corrected chi connectivity index (χ2v) is 8.53. The summed E-state index contributed by atoms with van der Waals surface area (Å²) in [6.07, 6.45) is 4.15. The standard InChI is InChI=1S/C27H26N4O3/c1-18(2)27(32)31-24(16-23(28-31)25-13-8-14-34-25)22-17-30(20-10-5-4-6-11-20)29-26(22)19-9-7-12-21(15-19)33-3/h4-15,17-18,24H,16H2,1-3H3. The zero-order valence-electron chi connectivity index (χ0n) is 19.4. The highest BCUT2D eigenvalue weighted by molar-refractivity contribution is 6.01. The van der Waals surface area contributed by atoms with Gasteiger partial charge in [-0.1, -0.05) is 44.2 Å². The lowest BCUT2D eigenvalue weighted by molar-refractivity contribution is -0.136. The van der Waals surface area contributed by atoms with Crippen molar-refractivity contribution in [2.75, 3.05) is 7.11 Å². The fourth-order valence-electron chi connectivity index (χ4n) is 4.15. The third-order valence-corrected chi connectivity index (χ3v) is 5.90. The number of methoxy groups -OCH3 is 1. The van der Waals surface area contributed by atoms with Gasteiger partial charge < -0.3 is 9.15 Å². The van der Waals surface area contributed by atoms with Gasteiger partial charge in [0.25, 0.3) is 0 Å². The highest BCUT2D eigenvalue weighted by Crippen LogP contribution is 2.39. The molecule has 4 aromatic rings.